The van der Waals surface area contributed by atoms with Crippen LogP contribution in [-0.4, -0.2) is 47.5 Å². The van der Waals surface area contributed by atoms with Crippen LogP contribution in [0.2, 0.25) is 0 Å². The molecule has 3 heterocycles. The smallest absolute Gasteiger partial charge is 0.222 e. The Balaban J connectivity index is 1.58. The molecule has 0 spiro atoms. The molecule has 1 aromatic heterocycles. The zero-order valence-corrected chi connectivity index (χ0v) is 15.3. The summed E-state index contributed by atoms with van der Waals surface area (Å²) in [5.41, 5.74) is 3.22. The maximum absolute atomic E-state index is 12.0. The number of amides is 1. The number of hydrogen-bond donors (Lipinski definition) is 0. The fourth-order valence-corrected chi connectivity index (χ4v) is 3.96. The second-order valence-corrected chi connectivity index (χ2v) is 7.08. The summed E-state index contributed by atoms with van der Waals surface area (Å²) in [6, 6.07) is 8.12. The molecule has 6 nitrogen and oxygen atoms in total. The zero-order chi connectivity index (χ0) is 18.1. The molecular formula is C20H24N4O2. The quantitative estimate of drug-likeness (QED) is 0.845. The molecule has 1 aromatic carbocycles. The van der Waals surface area contributed by atoms with Gasteiger partial charge in [-0.1, -0.05) is 18.2 Å². The maximum atomic E-state index is 12.0. The minimum atomic E-state index is 0.259. The third-order valence-corrected chi connectivity index (χ3v) is 5.29. The topological polar surface area (TPSA) is 58.6 Å². The number of nitrogens with zero attached hydrogens (tertiary/aromatic N) is 4. The highest BCUT2D eigenvalue weighted by atomic mass is 16.5. The van der Waals surface area contributed by atoms with Gasteiger partial charge in [-0.25, -0.2) is 9.97 Å². The predicted molar refractivity (Wildman–Crippen MR) is 99.2 cm³/mol. The lowest BCUT2D eigenvalue weighted by Gasteiger charge is -2.24. The molecule has 2 aliphatic rings. The number of benzene rings is 1. The number of ether oxygens (including phenoxy) is 1. The Morgan fingerprint density at radius 2 is 2.15 bits per heavy atom. The van der Waals surface area contributed by atoms with Crippen LogP contribution in [0.1, 0.15) is 30.2 Å². The van der Waals surface area contributed by atoms with Crippen molar-refractivity contribution in [2.75, 3.05) is 31.6 Å². The van der Waals surface area contributed by atoms with Crippen molar-refractivity contribution in [3.63, 3.8) is 0 Å². The lowest BCUT2D eigenvalue weighted by molar-refractivity contribution is -0.127. The van der Waals surface area contributed by atoms with E-state index in [9.17, 15) is 4.79 Å². The molecule has 0 unspecified atom stereocenters. The number of rotatable bonds is 4. The lowest BCUT2D eigenvalue weighted by Crippen LogP contribution is -2.30. The normalized spacial score (nSPS) is 18.8. The number of fused-ring (bicyclic) bond motifs is 2. The minimum Gasteiger partial charge on any atom is -0.487 e. The van der Waals surface area contributed by atoms with E-state index in [0.29, 0.717) is 18.9 Å². The third kappa shape index (κ3) is 3.11. The largest absolute Gasteiger partial charge is 0.487 e. The number of aromatic nitrogens is 2. The van der Waals surface area contributed by atoms with E-state index in [1.54, 1.807) is 6.33 Å². The Bertz CT molecular complexity index is 823. The second kappa shape index (κ2) is 6.94. The first-order chi connectivity index (χ1) is 12.7. The molecule has 1 amide bonds. The van der Waals surface area contributed by atoms with E-state index < -0.39 is 0 Å². The van der Waals surface area contributed by atoms with Crippen LogP contribution < -0.4 is 9.64 Å². The number of carbonyl (C=O) groups is 1. The number of anilines is 1. The Morgan fingerprint density at radius 3 is 2.96 bits per heavy atom. The van der Waals surface area contributed by atoms with E-state index >= 15 is 0 Å². The van der Waals surface area contributed by atoms with Crippen LogP contribution in [0.15, 0.2) is 30.6 Å². The standard InChI is InChI=1S/C20H24N4O2/c1-3-24-11-14(8-19(24)25)10-23(2)20-16-9-15-6-4-5-7-18(15)26-12-17(16)21-13-22-20/h4-7,13-14H,3,8-12H2,1-2H3/t14-/m1/s1. The van der Waals surface area contributed by atoms with Crippen LogP contribution in [-0.2, 0) is 17.8 Å². The minimum absolute atomic E-state index is 0.259. The van der Waals surface area contributed by atoms with Gasteiger partial charge in [0.15, 0.2) is 0 Å². The van der Waals surface area contributed by atoms with Crippen molar-refractivity contribution in [2.45, 2.75) is 26.4 Å². The highest BCUT2D eigenvalue weighted by Gasteiger charge is 2.30. The first kappa shape index (κ1) is 16.8. The van der Waals surface area contributed by atoms with Gasteiger partial charge < -0.3 is 14.5 Å². The van der Waals surface area contributed by atoms with Gasteiger partial charge in [0.1, 0.15) is 24.5 Å². The van der Waals surface area contributed by atoms with Gasteiger partial charge in [-0.2, -0.15) is 0 Å². The monoisotopic (exact) mass is 352 g/mol. The SMILES string of the molecule is CCN1C[C@@H](CN(C)c2ncnc3c2Cc2ccccc2OC3)CC1=O. The molecule has 0 N–H and O–H groups in total. The van der Waals surface area contributed by atoms with Crippen molar-refractivity contribution < 1.29 is 9.53 Å². The van der Waals surface area contributed by atoms with Gasteiger partial charge in [-0.05, 0) is 18.6 Å². The fraction of sp³-hybridized carbons (Fsp3) is 0.450. The summed E-state index contributed by atoms with van der Waals surface area (Å²) in [5, 5.41) is 0. The first-order valence-electron chi connectivity index (χ1n) is 9.18. The fourth-order valence-electron chi connectivity index (χ4n) is 3.96. The van der Waals surface area contributed by atoms with E-state index in [1.165, 1.54) is 0 Å². The molecule has 0 bridgehead atoms. The molecule has 2 aromatic rings. The van der Waals surface area contributed by atoms with Crippen LogP contribution in [0.25, 0.3) is 0 Å². The molecule has 1 atom stereocenters. The summed E-state index contributed by atoms with van der Waals surface area (Å²) < 4.78 is 5.93. The van der Waals surface area contributed by atoms with Crippen molar-refractivity contribution in [3.05, 3.63) is 47.4 Å². The summed E-state index contributed by atoms with van der Waals surface area (Å²) in [5.74, 6) is 2.46. The van der Waals surface area contributed by atoms with Crippen LogP contribution in [0.3, 0.4) is 0 Å². The van der Waals surface area contributed by atoms with E-state index in [0.717, 1.165) is 54.4 Å². The van der Waals surface area contributed by atoms with Crippen molar-refractivity contribution in [3.8, 4) is 5.75 Å². The highest BCUT2D eigenvalue weighted by molar-refractivity contribution is 5.78. The van der Waals surface area contributed by atoms with Crippen LogP contribution in [0.4, 0.5) is 5.82 Å². The average Bonchev–Trinajstić information content (AvgIpc) is 2.89. The van der Waals surface area contributed by atoms with Crippen molar-refractivity contribution in [2.24, 2.45) is 5.92 Å². The second-order valence-electron chi connectivity index (χ2n) is 7.08. The van der Waals surface area contributed by atoms with E-state index in [2.05, 4.69) is 28.0 Å². The van der Waals surface area contributed by atoms with Gasteiger partial charge in [0.25, 0.3) is 0 Å². The van der Waals surface area contributed by atoms with Crippen LogP contribution in [0.5, 0.6) is 5.75 Å². The summed E-state index contributed by atoms with van der Waals surface area (Å²) in [4.78, 5) is 25.1. The van der Waals surface area contributed by atoms with Gasteiger partial charge in [0.2, 0.25) is 5.91 Å². The lowest BCUT2D eigenvalue weighted by atomic mass is 10.0. The third-order valence-electron chi connectivity index (χ3n) is 5.29. The van der Waals surface area contributed by atoms with Gasteiger partial charge in [-0.15, -0.1) is 0 Å². The van der Waals surface area contributed by atoms with E-state index in [4.69, 9.17) is 4.74 Å². The van der Waals surface area contributed by atoms with E-state index in [1.807, 2.05) is 30.0 Å². The molecule has 0 saturated carbocycles. The Kier molecular flexibility index (Phi) is 4.49. The van der Waals surface area contributed by atoms with E-state index in [-0.39, 0.29) is 5.91 Å². The summed E-state index contributed by atoms with van der Waals surface area (Å²) in [6.07, 6.45) is 3.00. The molecule has 136 valence electrons. The number of likely N-dealkylation sites (tertiary alicyclic amines) is 1. The van der Waals surface area contributed by atoms with Gasteiger partial charge in [0.05, 0.1) is 5.69 Å². The zero-order valence-electron chi connectivity index (χ0n) is 15.3. The Morgan fingerprint density at radius 1 is 1.31 bits per heavy atom. The number of para-hydroxylation sites is 1. The Hall–Kier alpha value is -2.63. The molecule has 6 heteroatoms. The van der Waals surface area contributed by atoms with Crippen molar-refractivity contribution in [1.29, 1.82) is 0 Å². The molecular weight excluding hydrogens is 328 g/mol. The van der Waals surface area contributed by atoms with Crippen molar-refractivity contribution in [1.82, 2.24) is 14.9 Å². The van der Waals surface area contributed by atoms with Gasteiger partial charge in [0, 0.05) is 51.0 Å². The molecule has 0 aliphatic carbocycles. The molecule has 2 aliphatic heterocycles. The van der Waals surface area contributed by atoms with Gasteiger partial charge >= 0.3 is 0 Å². The highest BCUT2D eigenvalue weighted by Crippen LogP contribution is 2.31. The number of carbonyl (C=O) groups excluding carboxylic acids is 1. The average molecular weight is 352 g/mol. The van der Waals surface area contributed by atoms with Crippen LogP contribution in [0, 0.1) is 5.92 Å². The van der Waals surface area contributed by atoms with Crippen molar-refractivity contribution >= 4 is 11.7 Å². The Labute approximate surface area is 153 Å². The molecule has 1 saturated heterocycles. The maximum Gasteiger partial charge on any atom is 0.222 e. The molecule has 4 rings (SSSR count). The van der Waals surface area contributed by atoms with Gasteiger partial charge in [-0.3, -0.25) is 4.79 Å². The molecule has 1 fully saturated rings. The first-order valence-corrected chi connectivity index (χ1v) is 9.18. The summed E-state index contributed by atoms with van der Waals surface area (Å²) >= 11 is 0. The predicted octanol–water partition coefficient (Wildman–Crippen LogP) is 2.26. The molecule has 0 radical (unpaired) electrons. The number of hydrogen-bond acceptors (Lipinski definition) is 5. The molecule has 26 heavy (non-hydrogen) atoms. The van der Waals surface area contributed by atoms with Crippen LogP contribution >= 0.6 is 0 Å². The summed E-state index contributed by atoms with van der Waals surface area (Å²) in [7, 11) is 2.05. The summed E-state index contributed by atoms with van der Waals surface area (Å²) in [6.45, 7) is 4.93.